The Morgan fingerprint density at radius 3 is 1.47 bits per heavy atom. The van der Waals surface area contributed by atoms with Crippen LogP contribution in [0.15, 0.2) is 72.9 Å². The lowest BCUT2D eigenvalue weighted by Gasteiger charge is -2.10. The van der Waals surface area contributed by atoms with E-state index in [-0.39, 0.29) is 5.91 Å². The zero-order chi connectivity index (χ0) is 24.3. The first-order chi connectivity index (χ1) is 15.6. The summed E-state index contributed by atoms with van der Waals surface area (Å²) in [4.78, 5) is 22.9. The van der Waals surface area contributed by atoms with E-state index in [0.29, 0.717) is 12.8 Å². The molecule has 0 rings (SSSR count). The fourth-order valence-electron chi connectivity index (χ4n) is 2.40. The lowest BCUT2D eigenvalue weighted by Crippen LogP contribution is -2.38. The fraction of sp³-hybridized carbons (Fsp3) is 0.500. The summed E-state index contributed by atoms with van der Waals surface area (Å²) in [5.41, 5.74) is 0. The molecule has 0 spiro atoms. The summed E-state index contributed by atoms with van der Waals surface area (Å²) < 4.78 is 4.57. The van der Waals surface area contributed by atoms with Crippen LogP contribution in [0.4, 0.5) is 0 Å². The smallest absolute Gasteiger partial charge is 0.328 e. The maximum Gasteiger partial charge on any atom is 0.328 e. The minimum absolute atomic E-state index is 0.146. The predicted octanol–water partition coefficient (Wildman–Crippen LogP) is 7.17. The van der Waals surface area contributed by atoms with Crippen LogP contribution in [0, 0.1) is 0 Å². The van der Waals surface area contributed by atoms with Crippen molar-refractivity contribution in [3.63, 3.8) is 0 Å². The van der Waals surface area contributed by atoms with E-state index in [9.17, 15) is 9.59 Å². The molecule has 180 valence electrons. The zero-order valence-electron chi connectivity index (χ0n) is 20.9. The number of carbonyl (C=O) groups is 2. The van der Waals surface area contributed by atoms with Crippen molar-refractivity contribution >= 4 is 11.9 Å². The molecule has 0 saturated heterocycles. The van der Waals surface area contributed by atoms with Crippen molar-refractivity contribution in [2.24, 2.45) is 0 Å². The van der Waals surface area contributed by atoms with Gasteiger partial charge in [0.25, 0.3) is 0 Å². The minimum Gasteiger partial charge on any atom is -0.467 e. The molecule has 32 heavy (non-hydrogen) atoms. The van der Waals surface area contributed by atoms with Crippen molar-refractivity contribution < 1.29 is 14.3 Å². The molecule has 1 atom stereocenters. The summed E-state index contributed by atoms with van der Waals surface area (Å²) in [6.45, 7) is 7.76. The third-order valence-corrected chi connectivity index (χ3v) is 4.07. The minimum atomic E-state index is -0.604. The van der Waals surface area contributed by atoms with Gasteiger partial charge in [0, 0.05) is 6.42 Å². The molecule has 4 heteroatoms. The molecular formula is C28H45NO3. The Balaban J connectivity index is 0. The number of allylic oxidation sites excluding steroid dienone is 12. The van der Waals surface area contributed by atoms with E-state index < -0.39 is 12.0 Å². The largest absolute Gasteiger partial charge is 0.467 e. The Morgan fingerprint density at radius 2 is 1.09 bits per heavy atom. The van der Waals surface area contributed by atoms with Gasteiger partial charge in [-0.05, 0) is 51.9 Å². The highest BCUT2D eigenvalue weighted by molar-refractivity contribution is 5.84. The lowest BCUT2D eigenvalue weighted by atomic mass is 10.2. The molecule has 0 aliphatic carbocycles. The number of esters is 1. The SMILES string of the molecule is CC.CC/C=C\C/C=C\C/C=C\C/C=C\C/C=C\C/C=C\CCC(=O)NC(C)C(=O)OC. The molecule has 1 amide bonds. The van der Waals surface area contributed by atoms with Crippen LogP contribution in [-0.4, -0.2) is 25.0 Å². The molecule has 0 saturated carbocycles. The lowest BCUT2D eigenvalue weighted by molar-refractivity contribution is -0.144. The molecular weight excluding hydrogens is 398 g/mol. The molecule has 0 radical (unpaired) electrons. The monoisotopic (exact) mass is 443 g/mol. The quantitative estimate of drug-likeness (QED) is 0.203. The first-order valence-corrected chi connectivity index (χ1v) is 11.9. The van der Waals surface area contributed by atoms with Gasteiger partial charge in [-0.1, -0.05) is 93.7 Å². The van der Waals surface area contributed by atoms with E-state index in [2.05, 4.69) is 77.7 Å². The average molecular weight is 444 g/mol. The summed E-state index contributed by atoms with van der Waals surface area (Å²) in [7, 11) is 1.31. The molecule has 0 aromatic rings. The molecule has 0 aliphatic rings. The number of rotatable bonds is 16. The van der Waals surface area contributed by atoms with Crippen LogP contribution in [0.1, 0.15) is 79.1 Å². The number of amides is 1. The van der Waals surface area contributed by atoms with Crippen molar-refractivity contribution in [2.45, 2.75) is 85.1 Å². The van der Waals surface area contributed by atoms with E-state index in [4.69, 9.17) is 0 Å². The van der Waals surface area contributed by atoms with Crippen LogP contribution in [0.25, 0.3) is 0 Å². The molecule has 0 fully saturated rings. The van der Waals surface area contributed by atoms with Crippen molar-refractivity contribution in [3.05, 3.63) is 72.9 Å². The molecule has 1 N–H and O–H groups in total. The highest BCUT2D eigenvalue weighted by Crippen LogP contribution is 1.98. The standard InChI is InChI=1S/C26H39NO3.C2H6/c1-4-5-6-7-8-9-10-11-12-13-14-15-16-17-18-19-20-21-22-23-25(28)27-24(2)26(29)30-3;1-2/h5-6,8-9,11-12,14-15,17-18,20-21,24H,4,7,10,13,16,19,22-23H2,1-3H3,(H,27,28);1-2H3/b6-5-,9-8-,12-11-,15-14-,18-17-,21-20-;. The second-order valence-corrected chi connectivity index (χ2v) is 6.77. The van der Waals surface area contributed by atoms with E-state index in [0.717, 1.165) is 38.5 Å². The summed E-state index contributed by atoms with van der Waals surface area (Å²) in [5.74, 6) is -0.579. The molecule has 1 unspecified atom stereocenters. The van der Waals surface area contributed by atoms with Crippen LogP contribution in [0.3, 0.4) is 0 Å². The maximum absolute atomic E-state index is 11.7. The van der Waals surface area contributed by atoms with Gasteiger partial charge in [0.2, 0.25) is 5.91 Å². The van der Waals surface area contributed by atoms with Gasteiger partial charge in [-0.25, -0.2) is 4.79 Å². The Hall–Kier alpha value is -2.62. The number of nitrogens with one attached hydrogen (secondary N) is 1. The second-order valence-electron chi connectivity index (χ2n) is 6.77. The first kappa shape index (κ1) is 31.6. The fourth-order valence-corrected chi connectivity index (χ4v) is 2.40. The van der Waals surface area contributed by atoms with Gasteiger partial charge < -0.3 is 10.1 Å². The van der Waals surface area contributed by atoms with Crippen LogP contribution in [0.2, 0.25) is 0 Å². The Bertz CT molecular complexity index is 625. The van der Waals surface area contributed by atoms with Crippen LogP contribution < -0.4 is 5.32 Å². The highest BCUT2D eigenvalue weighted by atomic mass is 16.5. The second kappa shape index (κ2) is 26.4. The first-order valence-electron chi connectivity index (χ1n) is 11.9. The molecule has 0 aliphatic heterocycles. The Labute approximate surface area is 196 Å². The van der Waals surface area contributed by atoms with E-state index >= 15 is 0 Å². The van der Waals surface area contributed by atoms with Gasteiger partial charge in [-0.15, -0.1) is 0 Å². The number of methoxy groups -OCH3 is 1. The van der Waals surface area contributed by atoms with Gasteiger partial charge in [0.15, 0.2) is 0 Å². The number of carbonyl (C=O) groups excluding carboxylic acids is 2. The molecule has 0 heterocycles. The van der Waals surface area contributed by atoms with E-state index in [1.54, 1.807) is 6.92 Å². The topological polar surface area (TPSA) is 55.4 Å². The summed E-state index contributed by atoms with van der Waals surface area (Å²) >= 11 is 0. The highest BCUT2D eigenvalue weighted by Gasteiger charge is 2.14. The van der Waals surface area contributed by atoms with Gasteiger partial charge in [-0.3, -0.25) is 4.79 Å². The average Bonchev–Trinajstić information content (AvgIpc) is 2.81. The van der Waals surface area contributed by atoms with E-state index in [1.165, 1.54) is 7.11 Å². The van der Waals surface area contributed by atoms with Crippen molar-refractivity contribution in [1.29, 1.82) is 0 Å². The summed E-state index contributed by atoms with van der Waals surface area (Å²) in [6.07, 6.45) is 32.7. The molecule has 4 nitrogen and oxygen atoms in total. The van der Waals surface area contributed by atoms with Crippen molar-refractivity contribution in [3.8, 4) is 0 Å². The van der Waals surface area contributed by atoms with Gasteiger partial charge in [0.05, 0.1) is 7.11 Å². The van der Waals surface area contributed by atoms with Gasteiger partial charge in [0.1, 0.15) is 6.04 Å². The van der Waals surface area contributed by atoms with E-state index in [1.807, 2.05) is 26.0 Å². The normalized spacial score (nSPS) is 12.9. The zero-order valence-corrected chi connectivity index (χ0v) is 20.9. The summed E-state index contributed by atoms with van der Waals surface area (Å²) in [5, 5.41) is 2.61. The predicted molar refractivity (Wildman–Crippen MR) is 138 cm³/mol. The third-order valence-electron chi connectivity index (χ3n) is 4.07. The van der Waals surface area contributed by atoms with Crippen LogP contribution in [-0.2, 0) is 14.3 Å². The van der Waals surface area contributed by atoms with Crippen LogP contribution >= 0.6 is 0 Å². The molecule has 0 aromatic heterocycles. The summed E-state index contributed by atoms with van der Waals surface area (Å²) in [6, 6.07) is -0.604. The Morgan fingerprint density at radius 1 is 0.719 bits per heavy atom. The number of hydrogen-bond donors (Lipinski definition) is 1. The van der Waals surface area contributed by atoms with Gasteiger partial charge in [-0.2, -0.15) is 0 Å². The molecule has 0 aromatic carbocycles. The molecule has 0 bridgehead atoms. The number of ether oxygens (including phenoxy) is 1. The third kappa shape index (κ3) is 23.7. The van der Waals surface area contributed by atoms with Gasteiger partial charge >= 0.3 is 5.97 Å². The van der Waals surface area contributed by atoms with Crippen LogP contribution in [0.5, 0.6) is 0 Å². The van der Waals surface area contributed by atoms with Crippen molar-refractivity contribution in [1.82, 2.24) is 5.32 Å². The maximum atomic E-state index is 11.7. The Kier molecular flexibility index (Phi) is 26.1. The number of hydrogen-bond acceptors (Lipinski definition) is 3. The van der Waals surface area contributed by atoms with Crippen molar-refractivity contribution in [2.75, 3.05) is 7.11 Å².